The lowest BCUT2D eigenvalue weighted by Gasteiger charge is -2.14. The Bertz CT molecular complexity index is 974. The molecule has 1 amide bonds. The maximum atomic E-state index is 12.2. The molecule has 0 bridgehead atoms. The first-order valence-electron chi connectivity index (χ1n) is 8.57. The van der Waals surface area contributed by atoms with Crippen molar-refractivity contribution in [1.82, 2.24) is 19.9 Å². The van der Waals surface area contributed by atoms with Gasteiger partial charge in [-0.3, -0.25) is 10.1 Å². The van der Waals surface area contributed by atoms with Crippen molar-refractivity contribution in [3.63, 3.8) is 0 Å². The summed E-state index contributed by atoms with van der Waals surface area (Å²) in [5, 5.41) is 2.57. The van der Waals surface area contributed by atoms with Crippen molar-refractivity contribution in [2.75, 3.05) is 16.8 Å². The molecule has 0 saturated heterocycles. The second kappa shape index (κ2) is 7.50. The first kappa shape index (κ1) is 18.5. The summed E-state index contributed by atoms with van der Waals surface area (Å²) < 4.78 is 0. The first-order valence-corrected chi connectivity index (χ1v) is 8.57. The van der Waals surface area contributed by atoms with E-state index in [-0.39, 0.29) is 35.1 Å². The molecule has 0 radical (unpaired) electrons. The van der Waals surface area contributed by atoms with Crippen LogP contribution >= 0.6 is 0 Å². The number of nitrogens with zero attached hydrogens (tertiary/aromatic N) is 4. The van der Waals surface area contributed by atoms with Crippen LogP contribution in [0.4, 0.5) is 17.6 Å². The van der Waals surface area contributed by atoms with Gasteiger partial charge in [-0.1, -0.05) is 44.2 Å². The number of amides is 1. The molecule has 2 heterocycles. The molecule has 9 heteroatoms. The lowest BCUT2D eigenvalue weighted by atomic mass is 10.0. The quantitative estimate of drug-likeness (QED) is 0.529. The van der Waals surface area contributed by atoms with Gasteiger partial charge in [-0.05, 0) is 12.3 Å². The van der Waals surface area contributed by atoms with Crippen molar-refractivity contribution >= 4 is 34.7 Å². The Balaban J connectivity index is 1.94. The molecule has 3 aromatic rings. The van der Waals surface area contributed by atoms with E-state index in [1.54, 1.807) is 0 Å². The number of aromatic nitrogens is 4. The van der Waals surface area contributed by atoms with Crippen LogP contribution in [0, 0.1) is 5.92 Å². The number of benzene rings is 1. The zero-order valence-electron chi connectivity index (χ0n) is 15.2. The van der Waals surface area contributed by atoms with Gasteiger partial charge >= 0.3 is 0 Å². The highest BCUT2D eigenvalue weighted by molar-refractivity contribution is 5.95. The third-order valence-electron chi connectivity index (χ3n) is 3.93. The average molecular weight is 366 g/mol. The number of anilines is 3. The summed E-state index contributed by atoms with van der Waals surface area (Å²) in [6, 6.07) is 8.72. The fourth-order valence-corrected chi connectivity index (χ4v) is 2.66. The standard InChI is InChI=1S/C18H22N8O/c1-9(2)8-11(19)17(27)26-18-24-15(21)13-16(25-18)23-14(20)12(22-13)10-6-4-3-5-7-10/h3-7,9,11H,8,19H2,1-2H3,(H5,20,21,23,24,25,26,27)/t11-/m0/s1. The Morgan fingerprint density at radius 2 is 1.74 bits per heavy atom. The van der Waals surface area contributed by atoms with E-state index >= 15 is 0 Å². The highest BCUT2D eigenvalue weighted by Crippen LogP contribution is 2.26. The van der Waals surface area contributed by atoms with E-state index < -0.39 is 6.04 Å². The predicted molar refractivity (Wildman–Crippen MR) is 105 cm³/mol. The molecule has 140 valence electrons. The molecule has 9 nitrogen and oxygen atoms in total. The van der Waals surface area contributed by atoms with E-state index in [1.165, 1.54) is 0 Å². The largest absolute Gasteiger partial charge is 0.382 e. The van der Waals surface area contributed by atoms with Gasteiger partial charge in [0.05, 0.1) is 6.04 Å². The second-order valence-electron chi connectivity index (χ2n) is 6.65. The Labute approximate surface area is 156 Å². The van der Waals surface area contributed by atoms with E-state index in [1.807, 2.05) is 44.2 Å². The van der Waals surface area contributed by atoms with Crippen LogP contribution in [-0.2, 0) is 4.79 Å². The molecule has 0 aliphatic heterocycles. The number of carbonyl (C=O) groups excluding carboxylic acids is 1. The Morgan fingerprint density at radius 1 is 1.04 bits per heavy atom. The van der Waals surface area contributed by atoms with E-state index in [2.05, 4.69) is 25.3 Å². The summed E-state index contributed by atoms with van der Waals surface area (Å²) >= 11 is 0. The number of nitrogen functional groups attached to an aromatic ring is 2. The third-order valence-corrected chi connectivity index (χ3v) is 3.93. The van der Waals surface area contributed by atoms with Crippen LogP contribution in [0.3, 0.4) is 0 Å². The Hall–Kier alpha value is -3.33. The molecule has 27 heavy (non-hydrogen) atoms. The summed E-state index contributed by atoms with van der Waals surface area (Å²) in [5.74, 6) is 0.225. The lowest BCUT2D eigenvalue weighted by molar-refractivity contribution is -0.117. The lowest BCUT2D eigenvalue weighted by Crippen LogP contribution is -2.37. The van der Waals surface area contributed by atoms with E-state index in [0.717, 1.165) is 5.56 Å². The topological polar surface area (TPSA) is 159 Å². The van der Waals surface area contributed by atoms with Crippen LogP contribution < -0.4 is 22.5 Å². The zero-order chi connectivity index (χ0) is 19.6. The fraction of sp³-hybridized carbons (Fsp3) is 0.278. The number of hydrogen-bond donors (Lipinski definition) is 4. The number of carbonyl (C=O) groups is 1. The second-order valence-corrected chi connectivity index (χ2v) is 6.65. The minimum atomic E-state index is -0.665. The molecule has 1 atom stereocenters. The molecule has 0 aliphatic rings. The molecule has 0 aliphatic carbocycles. The molecule has 7 N–H and O–H groups in total. The van der Waals surface area contributed by atoms with Gasteiger partial charge in [-0.25, -0.2) is 9.97 Å². The van der Waals surface area contributed by atoms with Crippen LogP contribution in [0.1, 0.15) is 20.3 Å². The van der Waals surface area contributed by atoms with Gasteiger partial charge in [0.15, 0.2) is 22.8 Å². The Morgan fingerprint density at radius 3 is 2.41 bits per heavy atom. The molecule has 0 unspecified atom stereocenters. The van der Waals surface area contributed by atoms with Gasteiger partial charge in [-0.15, -0.1) is 0 Å². The molecule has 2 aromatic heterocycles. The molecular weight excluding hydrogens is 344 g/mol. The number of fused-ring (bicyclic) bond motifs is 1. The van der Waals surface area contributed by atoms with E-state index in [0.29, 0.717) is 17.6 Å². The molecule has 3 rings (SSSR count). The highest BCUT2D eigenvalue weighted by atomic mass is 16.2. The minimum absolute atomic E-state index is 0.0189. The summed E-state index contributed by atoms with van der Waals surface area (Å²) in [6.07, 6.45) is 0.544. The minimum Gasteiger partial charge on any atom is -0.382 e. The van der Waals surface area contributed by atoms with Gasteiger partial charge in [0.2, 0.25) is 11.9 Å². The number of rotatable bonds is 5. The van der Waals surface area contributed by atoms with Crippen LogP contribution in [-0.4, -0.2) is 31.9 Å². The maximum absolute atomic E-state index is 12.2. The van der Waals surface area contributed by atoms with Crippen molar-refractivity contribution in [2.45, 2.75) is 26.3 Å². The van der Waals surface area contributed by atoms with E-state index in [4.69, 9.17) is 17.2 Å². The molecule has 1 aromatic carbocycles. The maximum Gasteiger partial charge on any atom is 0.243 e. The van der Waals surface area contributed by atoms with Crippen molar-refractivity contribution in [3.8, 4) is 11.3 Å². The van der Waals surface area contributed by atoms with Crippen LogP contribution in [0.15, 0.2) is 30.3 Å². The van der Waals surface area contributed by atoms with Gasteiger partial charge in [0.25, 0.3) is 0 Å². The normalized spacial score (nSPS) is 12.3. The van der Waals surface area contributed by atoms with Crippen LogP contribution in [0.2, 0.25) is 0 Å². The number of nitrogens with two attached hydrogens (primary N) is 3. The number of hydrogen-bond acceptors (Lipinski definition) is 8. The summed E-state index contributed by atoms with van der Waals surface area (Å²) in [4.78, 5) is 29.2. The molecular formula is C18H22N8O. The highest BCUT2D eigenvalue weighted by Gasteiger charge is 2.18. The van der Waals surface area contributed by atoms with Gasteiger partial charge in [0.1, 0.15) is 5.69 Å². The molecule has 0 spiro atoms. The van der Waals surface area contributed by atoms with Gasteiger partial charge in [0, 0.05) is 5.56 Å². The van der Waals surface area contributed by atoms with Crippen molar-refractivity contribution in [3.05, 3.63) is 30.3 Å². The molecule has 0 saturated carbocycles. The molecule has 0 fully saturated rings. The average Bonchev–Trinajstić information content (AvgIpc) is 2.61. The van der Waals surface area contributed by atoms with Crippen molar-refractivity contribution < 1.29 is 4.79 Å². The van der Waals surface area contributed by atoms with Crippen LogP contribution in [0.25, 0.3) is 22.4 Å². The third kappa shape index (κ3) is 4.09. The summed E-state index contributed by atoms with van der Waals surface area (Å²) in [7, 11) is 0. The monoisotopic (exact) mass is 366 g/mol. The smallest absolute Gasteiger partial charge is 0.243 e. The zero-order valence-corrected chi connectivity index (χ0v) is 15.2. The van der Waals surface area contributed by atoms with Crippen LogP contribution in [0.5, 0.6) is 0 Å². The fourth-order valence-electron chi connectivity index (χ4n) is 2.66. The SMILES string of the molecule is CC(C)C[C@H](N)C(=O)Nc1nc(N)c2nc(-c3ccccc3)c(N)nc2n1. The van der Waals surface area contributed by atoms with E-state index in [9.17, 15) is 4.79 Å². The predicted octanol–water partition coefficient (Wildman–Crippen LogP) is 1.56. The summed E-state index contributed by atoms with van der Waals surface area (Å²) in [6.45, 7) is 3.97. The summed E-state index contributed by atoms with van der Waals surface area (Å²) in [5.41, 5.74) is 19.7. The first-order chi connectivity index (χ1) is 12.8. The van der Waals surface area contributed by atoms with Gasteiger partial charge in [-0.2, -0.15) is 9.97 Å². The van der Waals surface area contributed by atoms with Crippen molar-refractivity contribution in [1.29, 1.82) is 0 Å². The number of nitrogens with one attached hydrogen (secondary N) is 1. The van der Waals surface area contributed by atoms with Gasteiger partial charge < -0.3 is 17.2 Å². The Kier molecular flexibility index (Phi) is 5.13. The van der Waals surface area contributed by atoms with Crippen molar-refractivity contribution in [2.24, 2.45) is 11.7 Å².